The minimum Gasteiger partial charge on any atom is -0.329 e. The van der Waals surface area contributed by atoms with Crippen LogP contribution in [-0.4, -0.2) is 34.4 Å². The smallest absolute Gasteiger partial charge is 0.289 e. The second kappa shape index (κ2) is 5.11. The molecule has 2 aromatic carbocycles. The topological polar surface area (TPSA) is 77.9 Å². The molecule has 2 aromatic rings. The number of hydrogen-bond donors (Lipinski definition) is 0. The molecule has 2 unspecified atom stereocenters. The number of rotatable bonds is 2. The largest absolute Gasteiger partial charge is 0.329 e. The molecule has 134 valence electrons. The quantitative estimate of drug-likeness (QED) is 0.771. The zero-order valence-electron chi connectivity index (χ0n) is 14.8. The van der Waals surface area contributed by atoms with E-state index in [4.69, 9.17) is 4.74 Å². The van der Waals surface area contributed by atoms with Crippen LogP contribution in [0.2, 0.25) is 0 Å². The predicted octanol–water partition coefficient (Wildman–Crippen LogP) is 2.34. The Morgan fingerprint density at radius 1 is 0.704 bits per heavy atom. The van der Waals surface area contributed by atoms with Crippen molar-refractivity contribution in [3.05, 3.63) is 60.7 Å². The Hall–Kier alpha value is -3.32. The monoisotopic (exact) mass is 360 g/mol. The maximum Gasteiger partial charge on any atom is 0.289 e. The van der Waals surface area contributed by atoms with Crippen molar-refractivity contribution in [3.8, 4) is 0 Å². The third-order valence-corrected chi connectivity index (χ3v) is 5.27. The summed E-state index contributed by atoms with van der Waals surface area (Å²) in [6, 6.07) is 18.2. The number of amides is 2. The lowest BCUT2D eigenvalue weighted by atomic mass is 9.85. The minimum absolute atomic E-state index is 0.371. The third-order valence-electron chi connectivity index (χ3n) is 5.27. The molecule has 3 heterocycles. The van der Waals surface area contributed by atoms with E-state index in [2.05, 4.69) is 10.2 Å². The Morgan fingerprint density at radius 2 is 1.07 bits per heavy atom. The summed E-state index contributed by atoms with van der Waals surface area (Å²) in [5.74, 6) is -0.743. The van der Waals surface area contributed by atoms with Crippen LogP contribution in [0, 0.1) is 0 Å². The molecule has 7 nitrogen and oxygen atoms in total. The van der Waals surface area contributed by atoms with Gasteiger partial charge in [0.2, 0.25) is 11.2 Å². The zero-order valence-corrected chi connectivity index (χ0v) is 14.8. The lowest BCUT2D eigenvalue weighted by molar-refractivity contribution is -0.122. The molecular formula is C20H16N4O3. The fraction of sp³-hybridized carbons (Fsp3) is 0.200. The SMILES string of the molecule is CC1=NN(c2ccccc2)C(=O)C12OC21C(=O)N(c2ccccc2)N=C1C. The standard InChI is InChI=1S/C20H16N4O3/c1-13-19(17(25)23(21-13)15-9-5-3-6-10-15)20(27-19)14(2)22-24(18(20)26)16-11-7-4-8-12-16/h3-12H,1-2H3. The van der Waals surface area contributed by atoms with Crippen LogP contribution in [-0.2, 0) is 14.3 Å². The van der Waals surface area contributed by atoms with Crippen LogP contribution in [0.15, 0.2) is 70.9 Å². The summed E-state index contributed by atoms with van der Waals surface area (Å²) >= 11 is 0. The number of fused-ring (bicyclic) bond motifs is 1. The molecular weight excluding hydrogens is 344 g/mol. The summed E-state index contributed by atoms with van der Waals surface area (Å²) in [4.78, 5) is 26.5. The molecule has 1 saturated heterocycles. The molecule has 0 aliphatic carbocycles. The fourth-order valence-corrected chi connectivity index (χ4v) is 3.88. The molecule has 3 aliphatic heterocycles. The van der Waals surface area contributed by atoms with Crippen molar-refractivity contribution in [2.45, 2.75) is 25.0 Å². The molecule has 2 amide bonds. The highest BCUT2D eigenvalue weighted by Gasteiger charge is 2.87. The number of hydrazone groups is 2. The second-order valence-corrected chi connectivity index (χ2v) is 6.74. The average Bonchev–Trinajstić information content (AvgIpc) is 3.29. The van der Waals surface area contributed by atoms with Crippen molar-refractivity contribution in [1.29, 1.82) is 0 Å². The van der Waals surface area contributed by atoms with Crippen molar-refractivity contribution < 1.29 is 14.3 Å². The van der Waals surface area contributed by atoms with E-state index in [-0.39, 0.29) is 11.8 Å². The van der Waals surface area contributed by atoms with E-state index in [1.807, 2.05) is 36.4 Å². The van der Waals surface area contributed by atoms with Gasteiger partial charge in [-0.25, -0.2) is 0 Å². The number of para-hydroxylation sites is 2. The normalized spacial score (nSPS) is 29.0. The molecule has 0 radical (unpaired) electrons. The van der Waals surface area contributed by atoms with E-state index in [9.17, 15) is 9.59 Å². The van der Waals surface area contributed by atoms with Gasteiger partial charge in [-0.05, 0) is 38.1 Å². The molecule has 0 bridgehead atoms. The van der Waals surface area contributed by atoms with E-state index in [1.165, 1.54) is 10.0 Å². The van der Waals surface area contributed by atoms with Gasteiger partial charge in [0.05, 0.1) is 22.8 Å². The first kappa shape index (κ1) is 15.9. The molecule has 0 saturated carbocycles. The van der Waals surface area contributed by atoms with Crippen molar-refractivity contribution in [1.82, 2.24) is 0 Å². The zero-order chi connectivity index (χ0) is 18.8. The molecule has 0 aromatic heterocycles. The van der Waals surface area contributed by atoms with E-state index in [0.29, 0.717) is 22.8 Å². The van der Waals surface area contributed by atoms with Gasteiger partial charge in [-0.15, -0.1) is 0 Å². The van der Waals surface area contributed by atoms with E-state index in [1.54, 1.807) is 38.1 Å². The Morgan fingerprint density at radius 3 is 1.44 bits per heavy atom. The van der Waals surface area contributed by atoms with Crippen molar-refractivity contribution in [2.75, 3.05) is 10.0 Å². The van der Waals surface area contributed by atoms with Gasteiger partial charge < -0.3 is 4.74 Å². The maximum absolute atomic E-state index is 13.3. The number of ether oxygens (including phenoxy) is 1. The third kappa shape index (κ3) is 1.79. The molecule has 7 heteroatoms. The number of hydrogen-bond acceptors (Lipinski definition) is 5. The lowest BCUT2D eigenvalue weighted by Crippen LogP contribution is -2.48. The summed E-state index contributed by atoms with van der Waals surface area (Å²) < 4.78 is 5.92. The number of benzene rings is 2. The Kier molecular flexibility index (Phi) is 3.01. The Bertz CT molecular complexity index is 950. The minimum atomic E-state index is -1.42. The highest BCUT2D eigenvalue weighted by Crippen LogP contribution is 2.57. The molecule has 27 heavy (non-hydrogen) atoms. The molecule has 0 N–H and O–H groups in total. The van der Waals surface area contributed by atoms with Crippen LogP contribution in [0.4, 0.5) is 11.4 Å². The first-order chi connectivity index (χ1) is 13.0. The molecule has 3 aliphatic rings. The van der Waals surface area contributed by atoms with Crippen molar-refractivity contribution in [2.24, 2.45) is 10.2 Å². The number of anilines is 2. The van der Waals surface area contributed by atoms with Gasteiger partial charge in [-0.3, -0.25) is 9.59 Å². The summed E-state index contributed by atoms with van der Waals surface area (Å²) in [6.07, 6.45) is 0. The number of carbonyl (C=O) groups excluding carboxylic acids is 2. The second-order valence-electron chi connectivity index (χ2n) is 6.74. The first-order valence-electron chi connectivity index (χ1n) is 8.63. The Balaban J connectivity index is 1.54. The van der Waals surface area contributed by atoms with Crippen LogP contribution in [0.25, 0.3) is 0 Å². The molecule has 5 rings (SSSR count). The summed E-state index contributed by atoms with van der Waals surface area (Å²) in [5.41, 5.74) is -0.675. The van der Waals surface area contributed by atoms with E-state index >= 15 is 0 Å². The van der Waals surface area contributed by atoms with Gasteiger partial charge in [-0.1, -0.05) is 36.4 Å². The van der Waals surface area contributed by atoms with Crippen LogP contribution in [0.1, 0.15) is 13.8 Å². The van der Waals surface area contributed by atoms with Gasteiger partial charge in [0, 0.05) is 0 Å². The first-order valence-corrected chi connectivity index (χ1v) is 8.63. The highest BCUT2D eigenvalue weighted by atomic mass is 16.7. The van der Waals surface area contributed by atoms with Crippen LogP contribution in [0.5, 0.6) is 0 Å². The van der Waals surface area contributed by atoms with Crippen molar-refractivity contribution in [3.63, 3.8) is 0 Å². The maximum atomic E-state index is 13.3. The van der Waals surface area contributed by atoms with Crippen molar-refractivity contribution >= 4 is 34.6 Å². The van der Waals surface area contributed by atoms with Crippen LogP contribution < -0.4 is 10.0 Å². The predicted molar refractivity (Wildman–Crippen MR) is 101 cm³/mol. The lowest BCUT2D eigenvalue weighted by Gasteiger charge is -2.15. The van der Waals surface area contributed by atoms with Gasteiger partial charge in [0.25, 0.3) is 11.8 Å². The number of epoxide rings is 1. The fourth-order valence-electron chi connectivity index (χ4n) is 3.88. The van der Waals surface area contributed by atoms with Gasteiger partial charge >= 0.3 is 0 Å². The number of nitrogens with zero attached hydrogens (tertiary/aromatic N) is 4. The average molecular weight is 360 g/mol. The van der Waals surface area contributed by atoms with Gasteiger partial charge in [0.1, 0.15) is 0 Å². The molecule has 1 fully saturated rings. The summed E-state index contributed by atoms with van der Waals surface area (Å²) in [6.45, 7) is 3.42. The van der Waals surface area contributed by atoms with Crippen LogP contribution >= 0.6 is 0 Å². The number of carbonyl (C=O) groups is 2. The molecule has 2 spiro atoms. The summed E-state index contributed by atoms with van der Waals surface area (Å²) in [7, 11) is 0. The van der Waals surface area contributed by atoms with E-state index in [0.717, 1.165) is 0 Å². The van der Waals surface area contributed by atoms with Crippen LogP contribution in [0.3, 0.4) is 0 Å². The van der Waals surface area contributed by atoms with E-state index < -0.39 is 11.2 Å². The highest BCUT2D eigenvalue weighted by molar-refractivity contribution is 6.38. The van der Waals surface area contributed by atoms with Gasteiger partial charge in [-0.2, -0.15) is 20.2 Å². The molecule has 2 atom stereocenters. The summed E-state index contributed by atoms with van der Waals surface area (Å²) in [5, 5.41) is 11.4. The Labute approximate surface area is 155 Å². The van der Waals surface area contributed by atoms with Gasteiger partial charge in [0.15, 0.2) is 0 Å².